The fourth-order valence-electron chi connectivity index (χ4n) is 4.93. The van der Waals surface area contributed by atoms with Gasteiger partial charge >= 0.3 is 0 Å². The molecule has 6 heteroatoms. The quantitative estimate of drug-likeness (QED) is 0.0737. The Labute approximate surface area is 229 Å². The number of nitrogens with one attached hydrogen (secondary N) is 1. The summed E-state index contributed by atoms with van der Waals surface area (Å²) in [5, 5.41) is 42.9. The van der Waals surface area contributed by atoms with Crippen molar-refractivity contribution >= 4 is 5.91 Å². The first kappa shape index (κ1) is 36.3. The van der Waals surface area contributed by atoms with Crippen LogP contribution in [0.1, 0.15) is 162 Å². The molecule has 0 aliphatic carbocycles. The van der Waals surface area contributed by atoms with Crippen molar-refractivity contribution in [1.82, 2.24) is 5.32 Å². The number of rotatable bonds is 28. The van der Waals surface area contributed by atoms with E-state index in [1.54, 1.807) is 0 Å². The van der Waals surface area contributed by atoms with Gasteiger partial charge in [-0.25, -0.2) is 0 Å². The molecule has 0 aromatic heterocycles. The zero-order chi connectivity index (χ0) is 27.6. The number of unbranched alkanes of at least 4 members (excludes halogenated alkanes) is 19. The standard InChI is InChI=1S/C31H63NO5/c1-3-5-7-9-11-12-13-14-15-16-17-18-19-21-23-25-29(35)31(37)32-27(26-33)30(36)28(34)24-22-20-10-8-6-4-2/h27-30,33-36H,3-26H2,1-2H3,(H,32,37). The normalized spacial score (nSPS) is 14.9. The van der Waals surface area contributed by atoms with Crippen LogP contribution in [0.5, 0.6) is 0 Å². The highest BCUT2D eigenvalue weighted by Crippen LogP contribution is 2.15. The molecule has 37 heavy (non-hydrogen) atoms. The number of hydrogen-bond donors (Lipinski definition) is 5. The lowest BCUT2D eigenvalue weighted by atomic mass is 9.99. The minimum atomic E-state index is -1.25. The monoisotopic (exact) mass is 529 g/mol. The van der Waals surface area contributed by atoms with Crippen molar-refractivity contribution in [3.8, 4) is 0 Å². The molecule has 0 rings (SSSR count). The van der Waals surface area contributed by atoms with Crippen LogP contribution >= 0.6 is 0 Å². The van der Waals surface area contributed by atoms with Crippen molar-refractivity contribution in [1.29, 1.82) is 0 Å². The van der Waals surface area contributed by atoms with Gasteiger partial charge in [-0.2, -0.15) is 0 Å². The maximum Gasteiger partial charge on any atom is 0.249 e. The minimum absolute atomic E-state index is 0.374. The number of carbonyl (C=O) groups excluding carboxylic acids is 1. The van der Waals surface area contributed by atoms with Crippen LogP contribution < -0.4 is 5.32 Å². The zero-order valence-corrected chi connectivity index (χ0v) is 24.5. The second-order valence-electron chi connectivity index (χ2n) is 11.2. The van der Waals surface area contributed by atoms with Crippen molar-refractivity contribution in [2.45, 2.75) is 186 Å². The van der Waals surface area contributed by atoms with Crippen molar-refractivity contribution in [3.63, 3.8) is 0 Å². The van der Waals surface area contributed by atoms with E-state index in [0.29, 0.717) is 12.8 Å². The molecule has 4 atom stereocenters. The third kappa shape index (κ3) is 21.9. The number of amides is 1. The van der Waals surface area contributed by atoms with Crippen LogP contribution in [0.25, 0.3) is 0 Å². The molecule has 222 valence electrons. The first-order chi connectivity index (χ1) is 18.0. The summed E-state index contributed by atoms with van der Waals surface area (Å²) in [4.78, 5) is 12.3. The highest BCUT2D eigenvalue weighted by Gasteiger charge is 2.28. The Balaban J connectivity index is 3.79. The molecule has 5 N–H and O–H groups in total. The number of hydrogen-bond acceptors (Lipinski definition) is 5. The third-order valence-electron chi connectivity index (χ3n) is 7.57. The van der Waals surface area contributed by atoms with Gasteiger partial charge < -0.3 is 25.7 Å². The van der Waals surface area contributed by atoms with Gasteiger partial charge in [-0.1, -0.05) is 149 Å². The first-order valence-electron chi connectivity index (χ1n) is 15.9. The van der Waals surface area contributed by atoms with Gasteiger partial charge in [-0.05, 0) is 12.8 Å². The van der Waals surface area contributed by atoms with Crippen LogP contribution in [-0.2, 0) is 4.79 Å². The Bertz CT molecular complexity index is 490. The van der Waals surface area contributed by atoms with Gasteiger partial charge in [0.1, 0.15) is 12.2 Å². The molecule has 0 aliphatic rings. The van der Waals surface area contributed by atoms with E-state index < -0.39 is 36.9 Å². The zero-order valence-electron chi connectivity index (χ0n) is 24.5. The molecule has 1 amide bonds. The Morgan fingerprint density at radius 3 is 1.30 bits per heavy atom. The molecular formula is C31H63NO5. The molecule has 0 spiro atoms. The van der Waals surface area contributed by atoms with Gasteiger partial charge in [0.05, 0.1) is 18.8 Å². The highest BCUT2D eigenvalue weighted by molar-refractivity contribution is 5.80. The second kappa shape index (κ2) is 26.9. The molecule has 0 aromatic rings. The summed E-state index contributed by atoms with van der Waals surface area (Å²) in [5.74, 6) is -0.588. The highest BCUT2D eigenvalue weighted by atomic mass is 16.3. The van der Waals surface area contributed by atoms with E-state index in [4.69, 9.17) is 0 Å². The summed E-state index contributed by atoms with van der Waals surface area (Å²) in [6, 6.07) is -0.974. The van der Waals surface area contributed by atoms with Crippen molar-refractivity contribution in [3.05, 3.63) is 0 Å². The maximum absolute atomic E-state index is 12.3. The van der Waals surface area contributed by atoms with Gasteiger partial charge in [0.15, 0.2) is 0 Å². The molecule has 0 saturated heterocycles. The van der Waals surface area contributed by atoms with Gasteiger partial charge in [0.25, 0.3) is 0 Å². The molecule has 0 bridgehead atoms. The van der Waals surface area contributed by atoms with E-state index in [2.05, 4.69) is 19.2 Å². The third-order valence-corrected chi connectivity index (χ3v) is 7.57. The molecule has 6 nitrogen and oxygen atoms in total. The van der Waals surface area contributed by atoms with E-state index in [-0.39, 0.29) is 0 Å². The van der Waals surface area contributed by atoms with E-state index in [9.17, 15) is 25.2 Å². The van der Waals surface area contributed by atoms with Gasteiger partial charge in [0, 0.05) is 0 Å². The minimum Gasteiger partial charge on any atom is -0.394 e. The van der Waals surface area contributed by atoms with E-state index in [1.807, 2.05) is 0 Å². The van der Waals surface area contributed by atoms with Gasteiger partial charge in [0.2, 0.25) is 5.91 Å². The topological polar surface area (TPSA) is 110 Å². The molecule has 0 radical (unpaired) electrons. The molecule has 0 saturated carbocycles. The van der Waals surface area contributed by atoms with E-state index >= 15 is 0 Å². The molecule has 4 unspecified atom stereocenters. The van der Waals surface area contributed by atoms with E-state index in [1.165, 1.54) is 96.3 Å². The number of aliphatic hydroxyl groups is 4. The first-order valence-corrected chi connectivity index (χ1v) is 15.9. The average molecular weight is 530 g/mol. The predicted molar refractivity (Wildman–Crippen MR) is 155 cm³/mol. The Morgan fingerprint density at radius 1 is 0.568 bits per heavy atom. The smallest absolute Gasteiger partial charge is 0.249 e. The maximum atomic E-state index is 12.3. The Hall–Kier alpha value is -0.690. The fourth-order valence-corrected chi connectivity index (χ4v) is 4.93. The van der Waals surface area contributed by atoms with Crippen LogP contribution in [-0.4, -0.2) is 57.3 Å². The summed E-state index contributed by atoms with van der Waals surface area (Å²) in [6.45, 7) is 3.95. The van der Waals surface area contributed by atoms with Gasteiger partial charge in [-0.15, -0.1) is 0 Å². The lowest BCUT2D eigenvalue weighted by Gasteiger charge is -2.27. The summed E-state index contributed by atoms with van der Waals surface area (Å²) >= 11 is 0. The second-order valence-corrected chi connectivity index (χ2v) is 11.2. The van der Waals surface area contributed by atoms with E-state index in [0.717, 1.165) is 38.5 Å². The fraction of sp³-hybridized carbons (Fsp3) is 0.968. The van der Waals surface area contributed by atoms with Crippen molar-refractivity contribution in [2.24, 2.45) is 0 Å². The van der Waals surface area contributed by atoms with Crippen molar-refractivity contribution in [2.75, 3.05) is 6.61 Å². The summed E-state index contributed by atoms with van der Waals surface area (Å²) in [7, 11) is 0. The largest absolute Gasteiger partial charge is 0.394 e. The summed E-state index contributed by atoms with van der Waals surface area (Å²) in [5.41, 5.74) is 0. The van der Waals surface area contributed by atoms with Crippen LogP contribution in [0.15, 0.2) is 0 Å². The van der Waals surface area contributed by atoms with Gasteiger partial charge in [-0.3, -0.25) is 4.79 Å². The van der Waals surface area contributed by atoms with Crippen molar-refractivity contribution < 1.29 is 25.2 Å². The number of aliphatic hydroxyl groups excluding tert-OH is 4. The summed E-state index contributed by atoms with van der Waals surface area (Å²) in [6.07, 6.45) is 22.9. The molecule has 0 fully saturated rings. The molecule has 0 aromatic carbocycles. The lowest BCUT2D eigenvalue weighted by molar-refractivity contribution is -0.132. The molecule has 0 aliphatic heterocycles. The van der Waals surface area contributed by atoms with Crippen LogP contribution in [0.3, 0.4) is 0 Å². The molecular weight excluding hydrogens is 466 g/mol. The average Bonchev–Trinajstić information content (AvgIpc) is 2.90. The lowest BCUT2D eigenvalue weighted by Crippen LogP contribution is -2.53. The SMILES string of the molecule is CCCCCCCCCCCCCCCCCC(O)C(=O)NC(CO)C(O)C(O)CCCCCCCC. The Kier molecular flexibility index (Phi) is 26.4. The molecule has 0 heterocycles. The van der Waals surface area contributed by atoms with Crippen LogP contribution in [0.2, 0.25) is 0 Å². The van der Waals surface area contributed by atoms with Crippen LogP contribution in [0.4, 0.5) is 0 Å². The summed E-state index contributed by atoms with van der Waals surface area (Å²) < 4.78 is 0. The Morgan fingerprint density at radius 2 is 0.919 bits per heavy atom. The van der Waals surface area contributed by atoms with Crippen LogP contribution in [0, 0.1) is 0 Å². The number of carbonyl (C=O) groups is 1. The predicted octanol–water partition coefficient (Wildman–Crippen LogP) is 6.56.